The van der Waals surface area contributed by atoms with Gasteiger partial charge in [0.05, 0.1) is 29.9 Å². The minimum absolute atomic E-state index is 0.0325. The van der Waals surface area contributed by atoms with Crippen LogP contribution in [0.25, 0.3) is 0 Å². The Morgan fingerprint density at radius 2 is 1.58 bits per heavy atom. The summed E-state index contributed by atoms with van der Waals surface area (Å²) >= 11 is 0. The van der Waals surface area contributed by atoms with Crippen LogP contribution in [-0.2, 0) is 18.0 Å². The largest absolute Gasteiger partial charge is 0.497 e. The lowest BCUT2D eigenvalue weighted by Crippen LogP contribution is -2.48. The van der Waals surface area contributed by atoms with Gasteiger partial charge < -0.3 is 14.6 Å². The highest BCUT2D eigenvalue weighted by Crippen LogP contribution is 2.19. The normalized spacial score (nSPS) is 11.2. The summed E-state index contributed by atoms with van der Waals surface area (Å²) in [6.07, 6.45) is 0.276. The second-order valence-electron chi connectivity index (χ2n) is 8.35. The molecule has 3 rings (SSSR count). The zero-order valence-corrected chi connectivity index (χ0v) is 20.6. The Morgan fingerprint density at radius 1 is 1.00 bits per heavy atom. The Balaban J connectivity index is 1.61. The van der Waals surface area contributed by atoms with E-state index in [-0.39, 0.29) is 17.5 Å². The number of nitro benzene ring substituents is 1. The van der Waals surface area contributed by atoms with Gasteiger partial charge in [0.1, 0.15) is 13.8 Å². The van der Waals surface area contributed by atoms with Crippen LogP contribution in [0.4, 0.5) is 5.69 Å². The van der Waals surface area contributed by atoms with Crippen LogP contribution in [0.15, 0.2) is 66.7 Å². The summed E-state index contributed by atoms with van der Waals surface area (Å²) in [5.41, 5.74) is 2.07. The van der Waals surface area contributed by atoms with Crippen LogP contribution in [0.5, 0.6) is 5.75 Å². The molecule has 0 saturated heterocycles. The fraction of sp³-hybridized carbons (Fsp3) is 0.208. The minimum Gasteiger partial charge on any atom is -0.497 e. The Hall–Kier alpha value is -3.06. The SMILES string of the molecule is C[Si](C)(COc1ccc(COCc2ccc(P)cc2)cc1)c1cc(C(=O)O)ccc1[N+](=O)[O-]. The summed E-state index contributed by atoms with van der Waals surface area (Å²) < 4.78 is 11.7. The topological polar surface area (TPSA) is 98.9 Å². The number of carbonyl (C=O) groups is 1. The molecule has 172 valence electrons. The molecule has 7 nitrogen and oxygen atoms in total. The number of benzene rings is 3. The van der Waals surface area contributed by atoms with E-state index >= 15 is 0 Å². The molecular weight excluding hydrogens is 457 g/mol. The van der Waals surface area contributed by atoms with Crippen molar-refractivity contribution in [1.82, 2.24) is 0 Å². The smallest absolute Gasteiger partial charge is 0.335 e. The van der Waals surface area contributed by atoms with Crippen molar-refractivity contribution < 1.29 is 24.3 Å². The van der Waals surface area contributed by atoms with Gasteiger partial charge in [-0.1, -0.05) is 49.5 Å². The Bertz CT molecular complexity index is 1130. The predicted molar refractivity (Wildman–Crippen MR) is 133 cm³/mol. The molecule has 3 aromatic rings. The van der Waals surface area contributed by atoms with Gasteiger partial charge in [-0.15, -0.1) is 9.24 Å². The zero-order chi connectivity index (χ0) is 24.0. The lowest BCUT2D eigenvalue weighted by Gasteiger charge is -2.23. The van der Waals surface area contributed by atoms with Crippen LogP contribution in [0.1, 0.15) is 21.5 Å². The first kappa shape index (κ1) is 24.6. The summed E-state index contributed by atoms with van der Waals surface area (Å²) in [6, 6.07) is 19.5. The number of nitro groups is 1. The maximum absolute atomic E-state index is 11.5. The molecule has 0 fully saturated rings. The van der Waals surface area contributed by atoms with Gasteiger partial charge in [-0.3, -0.25) is 10.1 Å². The molecule has 0 radical (unpaired) electrons. The molecule has 1 unspecified atom stereocenters. The van der Waals surface area contributed by atoms with Crippen molar-refractivity contribution in [2.45, 2.75) is 26.3 Å². The van der Waals surface area contributed by atoms with Crippen molar-refractivity contribution in [2.75, 3.05) is 6.23 Å². The average molecular weight is 484 g/mol. The lowest BCUT2D eigenvalue weighted by atomic mass is 10.2. The number of carboxylic acids is 1. The molecule has 33 heavy (non-hydrogen) atoms. The highest BCUT2D eigenvalue weighted by Gasteiger charge is 2.33. The van der Waals surface area contributed by atoms with E-state index in [4.69, 9.17) is 9.47 Å². The van der Waals surface area contributed by atoms with Gasteiger partial charge in [0.2, 0.25) is 0 Å². The molecule has 9 heteroatoms. The minimum atomic E-state index is -2.48. The van der Waals surface area contributed by atoms with E-state index < -0.39 is 19.0 Å². The fourth-order valence-corrected chi connectivity index (χ4v) is 5.58. The van der Waals surface area contributed by atoms with Crippen LogP contribution in [-0.4, -0.2) is 30.3 Å². The molecule has 0 aliphatic rings. The van der Waals surface area contributed by atoms with Gasteiger partial charge in [0.25, 0.3) is 5.69 Å². The molecular formula is C24H26NO6PSi. The summed E-state index contributed by atoms with van der Waals surface area (Å²) in [5, 5.41) is 22.3. The fourth-order valence-electron chi connectivity index (χ4n) is 3.29. The van der Waals surface area contributed by atoms with Gasteiger partial charge >= 0.3 is 5.97 Å². The number of ether oxygens (including phenoxy) is 2. The second kappa shape index (κ2) is 10.7. The van der Waals surface area contributed by atoms with E-state index in [0.717, 1.165) is 16.4 Å². The highest BCUT2D eigenvalue weighted by molar-refractivity contribution is 7.27. The van der Waals surface area contributed by atoms with E-state index in [1.54, 1.807) is 0 Å². The van der Waals surface area contributed by atoms with Gasteiger partial charge in [0, 0.05) is 11.3 Å². The molecule has 1 N–H and O–H groups in total. The highest BCUT2D eigenvalue weighted by atomic mass is 31.0. The van der Waals surface area contributed by atoms with Crippen molar-refractivity contribution in [3.8, 4) is 5.75 Å². The Kier molecular flexibility index (Phi) is 7.97. The summed E-state index contributed by atoms with van der Waals surface area (Å²) in [4.78, 5) is 22.4. The third-order valence-corrected chi connectivity index (χ3v) is 8.32. The van der Waals surface area contributed by atoms with Gasteiger partial charge in [0.15, 0.2) is 0 Å². The van der Waals surface area contributed by atoms with Crippen LogP contribution >= 0.6 is 9.24 Å². The van der Waals surface area contributed by atoms with Crippen LogP contribution in [0.3, 0.4) is 0 Å². The first-order chi connectivity index (χ1) is 15.7. The maximum Gasteiger partial charge on any atom is 0.335 e. The van der Waals surface area contributed by atoms with Crippen LogP contribution < -0.4 is 15.2 Å². The molecule has 0 saturated carbocycles. The number of aromatic carboxylic acids is 1. The van der Waals surface area contributed by atoms with E-state index in [9.17, 15) is 20.0 Å². The second-order valence-corrected chi connectivity index (χ2v) is 13.6. The summed E-state index contributed by atoms with van der Waals surface area (Å²) in [5.74, 6) is -0.469. The number of hydrogen-bond donors (Lipinski definition) is 1. The van der Waals surface area contributed by atoms with Crippen molar-refractivity contribution in [3.63, 3.8) is 0 Å². The molecule has 0 bridgehead atoms. The number of rotatable bonds is 10. The Morgan fingerprint density at radius 3 is 2.12 bits per heavy atom. The van der Waals surface area contributed by atoms with Crippen LogP contribution in [0, 0.1) is 10.1 Å². The molecule has 0 heterocycles. The molecule has 0 aliphatic heterocycles. The van der Waals surface area contributed by atoms with Crippen molar-refractivity contribution in [3.05, 3.63) is 93.5 Å². The van der Waals surface area contributed by atoms with Crippen molar-refractivity contribution in [2.24, 2.45) is 0 Å². The third-order valence-electron chi connectivity index (χ3n) is 5.21. The molecule has 3 aromatic carbocycles. The monoisotopic (exact) mass is 483 g/mol. The van der Waals surface area contributed by atoms with Crippen molar-refractivity contribution in [1.29, 1.82) is 0 Å². The Labute approximate surface area is 195 Å². The standard InChI is InChI=1S/C24H26NO6PSi/c1-33(2,23-13-19(24(26)27)7-12-22(23)25(28)29)16-31-20-8-3-17(4-9-20)14-30-15-18-5-10-21(32)11-6-18/h3-13H,14-16,32H2,1-2H3,(H,26,27). The number of carboxylic acid groups (broad SMARTS) is 1. The quantitative estimate of drug-likeness (QED) is 0.202. The number of nitrogens with zero attached hydrogens (tertiary/aromatic N) is 1. The maximum atomic E-state index is 11.5. The molecule has 0 aromatic heterocycles. The van der Waals surface area contributed by atoms with E-state index in [2.05, 4.69) is 9.24 Å². The van der Waals surface area contributed by atoms with Gasteiger partial charge in [-0.25, -0.2) is 4.79 Å². The first-order valence-electron chi connectivity index (χ1n) is 10.3. The predicted octanol–water partition coefficient (Wildman–Crippen LogP) is 4.04. The average Bonchev–Trinajstić information content (AvgIpc) is 2.79. The van der Waals surface area contributed by atoms with Gasteiger partial charge in [-0.2, -0.15) is 0 Å². The van der Waals surface area contributed by atoms with Gasteiger partial charge in [-0.05, 0) is 40.7 Å². The van der Waals surface area contributed by atoms with E-state index in [1.807, 2.05) is 61.6 Å². The molecule has 0 aliphatic carbocycles. The molecule has 0 amide bonds. The lowest BCUT2D eigenvalue weighted by molar-refractivity contribution is -0.383. The summed E-state index contributed by atoms with van der Waals surface area (Å²) in [6.45, 7) is 4.84. The van der Waals surface area contributed by atoms with E-state index in [0.29, 0.717) is 24.2 Å². The number of hydrogen-bond acceptors (Lipinski definition) is 5. The van der Waals surface area contributed by atoms with E-state index in [1.165, 1.54) is 18.2 Å². The third kappa shape index (κ3) is 6.71. The van der Waals surface area contributed by atoms with Crippen LogP contribution in [0.2, 0.25) is 13.1 Å². The zero-order valence-electron chi connectivity index (χ0n) is 18.5. The first-order valence-corrected chi connectivity index (χ1v) is 14.1. The molecule has 1 atom stereocenters. The summed E-state index contributed by atoms with van der Waals surface area (Å²) in [7, 11) is 0.177. The van der Waals surface area contributed by atoms with Crippen molar-refractivity contribution >= 4 is 39.5 Å². The molecule has 0 spiro atoms.